The van der Waals surface area contributed by atoms with Crippen molar-refractivity contribution in [2.45, 2.75) is 32.7 Å². The predicted octanol–water partition coefficient (Wildman–Crippen LogP) is 2.17. The Morgan fingerprint density at radius 1 is 1.09 bits per heavy atom. The van der Waals surface area contributed by atoms with E-state index in [9.17, 15) is 18.0 Å². The van der Waals surface area contributed by atoms with Crippen LogP contribution in [0.5, 0.6) is 11.5 Å². The molecule has 0 fully saturated rings. The van der Waals surface area contributed by atoms with E-state index >= 15 is 0 Å². The molecule has 0 unspecified atom stereocenters. The molecule has 1 aliphatic rings. The van der Waals surface area contributed by atoms with Gasteiger partial charge < -0.3 is 19.7 Å². The molecule has 0 aliphatic carbocycles. The first-order valence-electron chi connectivity index (χ1n) is 11.2. The molecular formula is C24H31N3O6S. The lowest BCUT2D eigenvalue weighted by Gasteiger charge is -2.31. The second-order valence-corrected chi connectivity index (χ2v) is 10.0. The summed E-state index contributed by atoms with van der Waals surface area (Å²) in [6.45, 7) is 3.96. The number of sulfonamides is 1. The number of carbonyl (C=O) groups is 2. The predicted molar refractivity (Wildman–Crippen MR) is 129 cm³/mol. The van der Waals surface area contributed by atoms with Gasteiger partial charge in [0.05, 0.1) is 11.9 Å². The first-order chi connectivity index (χ1) is 16.2. The van der Waals surface area contributed by atoms with E-state index in [-0.39, 0.29) is 24.9 Å². The van der Waals surface area contributed by atoms with Crippen LogP contribution in [0.15, 0.2) is 48.5 Å². The molecule has 2 aromatic carbocycles. The van der Waals surface area contributed by atoms with E-state index in [4.69, 9.17) is 9.47 Å². The average molecular weight is 490 g/mol. The van der Waals surface area contributed by atoms with Gasteiger partial charge in [-0.25, -0.2) is 8.42 Å². The van der Waals surface area contributed by atoms with E-state index in [1.165, 1.54) is 11.0 Å². The SMILES string of the molecule is CCCNC(=O)[C@H](C)N(CCc1ccccc1)C(=O)CN(c1ccc2c(c1)OCO2)S(C)(=O)=O. The maximum Gasteiger partial charge on any atom is 0.244 e. The van der Waals surface area contributed by atoms with Crippen molar-refractivity contribution in [2.75, 3.05) is 37.0 Å². The van der Waals surface area contributed by atoms with Crippen molar-refractivity contribution >= 4 is 27.5 Å². The van der Waals surface area contributed by atoms with Crippen LogP contribution in [-0.2, 0) is 26.0 Å². The summed E-state index contributed by atoms with van der Waals surface area (Å²) in [6, 6.07) is 13.5. The summed E-state index contributed by atoms with van der Waals surface area (Å²) < 4.78 is 36.9. The number of carbonyl (C=O) groups excluding carboxylic acids is 2. The molecule has 10 heteroatoms. The highest BCUT2D eigenvalue weighted by Crippen LogP contribution is 2.36. The average Bonchev–Trinajstić information content (AvgIpc) is 3.28. The minimum Gasteiger partial charge on any atom is -0.454 e. The van der Waals surface area contributed by atoms with E-state index in [2.05, 4.69) is 5.32 Å². The highest BCUT2D eigenvalue weighted by Gasteiger charge is 2.30. The Morgan fingerprint density at radius 2 is 1.79 bits per heavy atom. The highest BCUT2D eigenvalue weighted by atomic mass is 32.2. The van der Waals surface area contributed by atoms with Crippen LogP contribution in [0, 0.1) is 0 Å². The zero-order valence-electron chi connectivity index (χ0n) is 19.7. The van der Waals surface area contributed by atoms with Crippen LogP contribution >= 0.6 is 0 Å². The maximum atomic E-state index is 13.4. The lowest BCUT2D eigenvalue weighted by atomic mass is 10.1. The fourth-order valence-corrected chi connectivity index (χ4v) is 4.46. The molecule has 1 aliphatic heterocycles. The van der Waals surface area contributed by atoms with Crippen LogP contribution in [0.3, 0.4) is 0 Å². The van der Waals surface area contributed by atoms with Gasteiger partial charge in [0.2, 0.25) is 28.6 Å². The van der Waals surface area contributed by atoms with Gasteiger partial charge in [-0.2, -0.15) is 0 Å². The summed E-state index contributed by atoms with van der Waals surface area (Å²) in [7, 11) is -3.80. The number of anilines is 1. The molecule has 0 saturated heterocycles. The second-order valence-electron chi connectivity index (χ2n) is 8.10. The molecule has 34 heavy (non-hydrogen) atoms. The molecule has 9 nitrogen and oxygen atoms in total. The first kappa shape index (κ1) is 25.4. The molecular weight excluding hydrogens is 458 g/mol. The third-order valence-electron chi connectivity index (χ3n) is 5.52. The number of benzene rings is 2. The fourth-order valence-electron chi connectivity index (χ4n) is 3.62. The van der Waals surface area contributed by atoms with Crippen LogP contribution in [-0.4, -0.2) is 63.9 Å². The van der Waals surface area contributed by atoms with Crippen molar-refractivity contribution in [2.24, 2.45) is 0 Å². The van der Waals surface area contributed by atoms with Crippen molar-refractivity contribution < 1.29 is 27.5 Å². The van der Waals surface area contributed by atoms with Crippen LogP contribution in [0.2, 0.25) is 0 Å². The molecule has 0 bridgehead atoms. The summed E-state index contributed by atoms with van der Waals surface area (Å²) in [4.78, 5) is 27.5. The van der Waals surface area contributed by atoms with E-state index in [0.29, 0.717) is 24.5 Å². The van der Waals surface area contributed by atoms with Crippen molar-refractivity contribution in [3.63, 3.8) is 0 Å². The molecule has 0 saturated carbocycles. The molecule has 184 valence electrons. The Labute approximate surface area is 200 Å². The summed E-state index contributed by atoms with van der Waals surface area (Å²) in [5.41, 5.74) is 1.29. The molecule has 0 radical (unpaired) electrons. The number of ether oxygens (including phenoxy) is 2. The normalized spacial score (nSPS) is 13.3. The molecule has 1 atom stereocenters. The first-order valence-corrected chi connectivity index (χ1v) is 13.0. The second kappa shape index (κ2) is 11.2. The number of nitrogens with one attached hydrogen (secondary N) is 1. The van der Waals surface area contributed by atoms with Crippen molar-refractivity contribution in [1.82, 2.24) is 10.2 Å². The van der Waals surface area contributed by atoms with E-state index in [1.807, 2.05) is 37.3 Å². The molecule has 0 aromatic heterocycles. The summed E-state index contributed by atoms with van der Waals surface area (Å²) in [6.07, 6.45) is 2.33. The van der Waals surface area contributed by atoms with Gasteiger partial charge in [0, 0.05) is 19.2 Å². The van der Waals surface area contributed by atoms with Gasteiger partial charge in [-0.15, -0.1) is 0 Å². The molecule has 3 rings (SSSR count). The topological polar surface area (TPSA) is 105 Å². The van der Waals surface area contributed by atoms with E-state index < -0.39 is 28.5 Å². The Kier molecular flexibility index (Phi) is 8.38. The number of rotatable bonds is 11. The van der Waals surface area contributed by atoms with Crippen molar-refractivity contribution in [1.29, 1.82) is 0 Å². The Bertz CT molecular complexity index is 1110. The molecule has 1 N–H and O–H groups in total. The number of fused-ring (bicyclic) bond motifs is 1. The number of hydrogen-bond acceptors (Lipinski definition) is 6. The quantitative estimate of drug-likeness (QED) is 0.519. The van der Waals surface area contributed by atoms with Gasteiger partial charge in [0.15, 0.2) is 11.5 Å². The Morgan fingerprint density at radius 3 is 2.47 bits per heavy atom. The lowest BCUT2D eigenvalue weighted by Crippen LogP contribution is -2.52. The summed E-state index contributed by atoms with van der Waals surface area (Å²) >= 11 is 0. The lowest BCUT2D eigenvalue weighted by molar-refractivity contribution is -0.138. The number of hydrogen-bond donors (Lipinski definition) is 1. The minimum absolute atomic E-state index is 0.0498. The van der Waals surface area contributed by atoms with Crippen LogP contribution in [0.4, 0.5) is 5.69 Å². The fraction of sp³-hybridized carbons (Fsp3) is 0.417. The summed E-state index contributed by atoms with van der Waals surface area (Å²) in [5, 5.41) is 2.81. The molecule has 0 spiro atoms. The van der Waals surface area contributed by atoms with Gasteiger partial charge in [0.25, 0.3) is 0 Å². The third-order valence-corrected chi connectivity index (χ3v) is 6.66. The van der Waals surface area contributed by atoms with Gasteiger partial charge in [0.1, 0.15) is 12.6 Å². The largest absolute Gasteiger partial charge is 0.454 e. The minimum atomic E-state index is -3.80. The zero-order chi connectivity index (χ0) is 24.7. The van der Waals surface area contributed by atoms with Gasteiger partial charge in [-0.1, -0.05) is 37.3 Å². The van der Waals surface area contributed by atoms with Crippen LogP contribution < -0.4 is 19.1 Å². The molecule has 1 heterocycles. The zero-order valence-corrected chi connectivity index (χ0v) is 20.5. The van der Waals surface area contributed by atoms with E-state index in [0.717, 1.165) is 22.5 Å². The highest BCUT2D eigenvalue weighted by molar-refractivity contribution is 7.92. The van der Waals surface area contributed by atoms with Gasteiger partial charge >= 0.3 is 0 Å². The van der Waals surface area contributed by atoms with Gasteiger partial charge in [-0.3, -0.25) is 13.9 Å². The van der Waals surface area contributed by atoms with E-state index in [1.54, 1.807) is 19.1 Å². The van der Waals surface area contributed by atoms with Crippen LogP contribution in [0.25, 0.3) is 0 Å². The monoisotopic (exact) mass is 489 g/mol. The molecule has 2 aromatic rings. The Hall–Kier alpha value is -3.27. The smallest absolute Gasteiger partial charge is 0.244 e. The van der Waals surface area contributed by atoms with Crippen LogP contribution in [0.1, 0.15) is 25.8 Å². The van der Waals surface area contributed by atoms with Gasteiger partial charge in [-0.05, 0) is 37.5 Å². The van der Waals surface area contributed by atoms with Crippen molar-refractivity contribution in [3.05, 3.63) is 54.1 Å². The Balaban J connectivity index is 1.84. The maximum absolute atomic E-state index is 13.4. The molecule has 2 amide bonds. The number of nitrogens with zero attached hydrogens (tertiary/aromatic N) is 2. The standard InChI is InChI=1S/C24H31N3O6S/c1-4-13-25-24(29)18(2)26(14-12-19-8-6-5-7-9-19)23(28)16-27(34(3,30)31)20-10-11-21-22(15-20)33-17-32-21/h5-11,15,18H,4,12-14,16-17H2,1-3H3,(H,25,29)/t18-/m0/s1. The van der Waals surface area contributed by atoms with Crippen molar-refractivity contribution in [3.8, 4) is 11.5 Å². The third kappa shape index (κ3) is 6.40. The number of amides is 2. The summed E-state index contributed by atoms with van der Waals surface area (Å²) in [5.74, 6) is 0.163.